The van der Waals surface area contributed by atoms with Crippen LogP contribution in [0.25, 0.3) is 11.4 Å². The lowest BCUT2D eigenvalue weighted by Gasteiger charge is -2.09. The lowest BCUT2D eigenvalue weighted by atomic mass is 10.2. The van der Waals surface area contributed by atoms with E-state index in [0.29, 0.717) is 6.61 Å². The van der Waals surface area contributed by atoms with Crippen LogP contribution in [0.5, 0.6) is 5.75 Å². The van der Waals surface area contributed by atoms with Gasteiger partial charge in [0, 0.05) is 5.56 Å². The van der Waals surface area contributed by atoms with E-state index in [-0.39, 0.29) is 5.37 Å². The highest BCUT2D eigenvalue weighted by atomic mass is 32.2. The van der Waals surface area contributed by atoms with Gasteiger partial charge in [-0.15, -0.1) is 10.2 Å². The van der Waals surface area contributed by atoms with E-state index in [9.17, 15) is 0 Å². The van der Waals surface area contributed by atoms with Crippen LogP contribution in [0.15, 0.2) is 52.2 Å². The summed E-state index contributed by atoms with van der Waals surface area (Å²) >= 11 is 1.58. The third-order valence-electron chi connectivity index (χ3n) is 3.33. The van der Waals surface area contributed by atoms with E-state index in [1.54, 1.807) is 18.0 Å². The van der Waals surface area contributed by atoms with Crippen molar-refractivity contribution in [2.75, 3.05) is 12.0 Å². The van der Waals surface area contributed by atoms with Crippen LogP contribution in [0.3, 0.4) is 0 Å². The Morgan fingerprint density at radius 1 is 1.27 bits per heavy atom. The summed E-state index contributed by atoms with van der Waals surface area (Å²) in [5, 5.41) is 9.33. The van der Waals surface area contributed by atoms with Crippen LogP contribution in [-0.4, -0.2) is 21.5 Å². The molecule has 3 heterocycles. The topological polar surface area (TPSA) is 65.1 Å². The Kier molecular flexibility index (Phi) is 3.27. The van der Waals surface area contributed by atoms with Gasteiger partial charge in [-0.2, -0.15) is 0 Å². The van der Waals surface area contributed by atoms with E-state index in [4.69, 9.17) is 9.15 Å². The molecular formula is C15H14N4O2S. The monoisotopic (exact) mass is 314 g/mol. The van der Waals surface area contributed by atoms with E-state index < -0.39 is 0 Å². The molecule has 7 heteroatoms. The third kappa shape index (κ3) is 2.23. The minimum atomic E-state index is 0.0157. The third-order valence-corrected chi connectivity index (χ3v) is 4.38. The zero-order valence-electron chi connectivity index (χ0n) is 11.9. The van der Waals surface area contributed by atoms with E-state index in [0.717, 1.165) is 28.1 Å². The summed E-state index contributed by atoms with van der Waals surface area (Å²) in [6.07, 6.45) is 1.67. The summed E-state index contributed by atoms with van der Waals surface area (Å²) in [5.41, 5.74) is 4.34. The first-order valence-corrected chi connectivity index (χ1v) is 7.88. The van der Waals surface area contributed by atoms with Gasteiger partial charge in [0.05, 0.1) is 12.9 Å². The second-order valence-corrected chi connectivity index (χ2v) is 5.81. The Labute approximate surface area is 131 Å². The van der Waals surface area contributed by atoms with Gasteiger partial charge in [-0.1, -0.05) is 0 Å². The standard InChI is InChI=1S/C15H14N4O2S/c1-2-20-11-7-5-10(6-8-11)13-16-17-15-19(13)18-14(22-15)12-4-3-9-21-12/h3-9,14,18H,2H2,1H3/t14-/m1/s1. The molecule has 0 aliphatic carbocycles. The molecule has 0 bridgehead atoms. The highest BCUT2D eigenvalue weighted by Gasteiger charge is 2.29. The van der Waals surface area contributed by atoms with Crippen LogP contribution in [0.1, 0.15) is 18.1 Å². The fourth-order valence-electron chi connectivity index (χ4n) is 2.33. The van der Waals surface area contributed by atoms with Crippen LogP contribution in [0.2, 0.25) is 0 Å². The summed E-state index contributed by atoms with van der Waals surface area (Å²) in [4.78, 5) is 0. The molecule has 6 nitrogen and oxygen atoms in total. The average Bonchev–Trinajstić information content (AvgIpc) is 3.24. The van der Waals surface area contributed by atoms with Crippen molar-refractivity contribution >= 4 is 11.8 Å². The zero-order chi connectivity index (χ0) is 14.9. The maximum atomic E-state index is 5.46. The quantitative estimate of drug-likeness (QED) is 0.797. The number of thioether (sulfide) groups is 1. The fraction of sp³-hybridized carbons (Fsp3) is 0.200. The van der Waals surface area contributed by atoms with Gasteiger partial charge in [0.1, 0.15) is 11.5 Å². The van der Waals surface area contributed by atoms with Crippen LogP contribution >= 0.6 is 11.8 Å². The number of benzene rings is 1. The zero-order valence-corrected chi connectivity index (χ0v) is 12.7. The molecule has 0 fully saturated rings. The van der Waals surface area contributed by atoms with Crippen molar-refractivity contribution in [1.82, 2.24) is 14.9 Å². The number of ether oxygens (including phenoxy) is 1. The molecule has 3 aromatic rings. The molecule has 1 aliphatic heterocycles. The molecule has 22 heavy (non-hydrogen) atoms. The van der Waals surface area contributed by atoms with Gasteiger partial charge in [-0.3, -0.25) is 0 Å². The lowest BCUT2D eigenvalue weighted by molar-refractivity contribution is 0.340. The van der Waals surface area contributed by atoms with Gasteiger partial charge in [-0.25, -0.2) is 4.68 Å². The summed E-state index contributed by atoms with van der Waals surface area (Å²) in [7, 11) is 0. The molecule has 0 amide bonds. The van der Waals surface area contributed by atoms with E-state index in [1.807, 2.05) is 48.0 Å². The Morgan fingerprint density at radius 3 is 2.86 bits per heavy atom. The molecule has 0 saturated heterocycles. The second-order valence-electron chi connectivity index (χ2n) is 4.74. The number of hydrogen-bond acceptors (Lipinski definition) is 6. The maximum Gasteiger partial charge on any atom is 0.212 e. The normalized spacial score (nSPS) is 16.3. The Hall–Kier alpha value is -2.41. The summed E-state index contributed by atoms with van der Waals surface area (Å²) < 4.78 is 12.8. The largest absolute Gasteiger partial charge is 0.494 e. The van der Waals surface area contributed by atoms with Gasteiger partial charge in [0.15, 0.2) is 11.2 Å². The molecule has 0 saturated carbocycles. The first kappa shape index (κ1) is 13.3. The number of aromatic nitrogens is 3. The molecule has 1 aromatic carbocycles. The van der Waals surface area contributed by atoms with Crippen molar-refractivity contribution in [1.29, 1.82) is 0 Å². The van der Waals surface area contributed by atoms with Crippen LogP contribution in [-0.2, 0) is 0 Å². The number of rotatable bonds is 4. The number of fused-ring (bicyclic) bond motifs is 1. The summed E-state index contributed by atoms with van der Waals surface area (Å²) in [5.74, 6) is 2.50. The van der Waals surface area contributed by atoms with Gasteiger partial charge in [0.25, 0.3) is 0 Å². The van der Waals surface area contributed by atoms with Crippen molar-refractivity contribution in [3.8, 4) is 17.1 Å². The number of nitrogens with one attached hydrogen (secondary N) is 1. The summed E-state index contributed by atoms with van der Waals surface area (Å²) in [6.45, 7) is 2.62. The predicted molar refractivity (Wildman–Crippen MR) is 83.3 cm³/mol. The van der Waals surface area contributed by atoms with Gasteiger partial charge in [0.2, 0.25) is 5.16 Å². The highest BCUT2D eigenvalue weighted by Crippen LogP contribution is 2.40. The molecular weight excluding hydrogens is 300 g/mol. The van der Waals surface area contributed by atoms with E-state index in [1.165, 1.54) is 0 Å². The van der Waals surface area contributed by atoms with Gasteiger partial charge >= 0.3 is 0 Å². The minimum Gasteiger partial charge on any atom is -0.494 e. The van der Waals surface area contributed by atoms with Crippen molar-refractivity contribution in [3.05, 3.63) is 48.4 Å². The van der Waals surface area contributed by atoms with Crippen LogP contribution in [0, 0.1) is 0 Å². The van der Waals surface area contributed by atoms with Crippen molar-refractivity contribution < 1.29 is 9.15 Å². The second kappa shape index (κ2) is 5.42. The fourth-order valence-corrected chi connectivity index (χ4v) is 3.28. The smallest absolute Gasteiger partial charge is 0.212 e. The summed E-state index contributed by atoms with van der Waals surface area (Å²) in [6, 6.07) is 11.7. The molecule has 1 aliphatic rings. The first-order chi connectivity index (χ1) is 10.8. The number of hydrogen-bond donors (Lipinski definition) is 1. The molecule has 4 rings (SSSR count). The Bertz CT molecular complexity index is 767. The average molecular weight is 314 g/mol. The van der Waals surface area contributed by atoms with Gasteiger partial charge < -0.3 is 14.6 Å². The number of furan rings is 1. The highest BCUT2D eigenvalue weighted by molar-refractivity contribution is 7.99. The lowest BCUT2D eigenvalue weighted by Crippen LogP contribution is -2.13. The van der Waals surface area contributed by atoms with Crippen LogP contribution in [0.4, 0.5) is 0 Å². The molecule has 1 N–H and O–H groups in total. The van der Waals surface area contributed by atoms with Gasteiger partial charge in [-0.05, 0) is 55.1 Å². The van der Waals surface area contributed by atoms with Crippen molar-refractivity contribution in [2.45, 2.75) is 17.5 Å². The molecule has 0 radical (unpaired) electrons. The predicted octanol–water partition coefficient (Wildman–Crippen LogP) is 3.28. The minimum absolute atomic E-state index is 0.0157. The van der Waals surface area contributed by atoms with Crippen molar-refractivity contribution in [2.24, 2.45) is 0 Å². The SMILES string of the molecule is CCOc1ccc(-c2nnc3n2N[C@@H](c2ccco2)S3)cc1. The molecule has 0 spiro atoms. The van der Waals surface area contributed by atoms with Crippen LogP contribution < -0.4 is 10.2 Å². The maximum absolute atomic E-state index is 5.46. The Balaban J connectivity index is 1.61. The molecule has 1 atom stereocenters. The molecule has 2 aromatic heterocycles. The molecule has 112 valence electrons. The van der Waals surface area contributed by atoms with E-state index in [2.05, 4.69) is 15.6 Å². The van der Waals surface area contributed by atoms with Crippen molar-refractivity contribution in [3.63, 3.8) is 0 Å². The Morgan fingerprint density at radius 2 is 2.14 bits per heavy atom. The van der Waals surface area contributed by atoms with E-state index >= 15 is 0 Å². The first-order valence-electron chi connectivity index (χ1n) is 7.00. The molecule has 0 unspecified atom stereocenters. The number of nitrogens with zero attached hydrogens (tertiary/aromatic N) is 3.